The third-order valence-electron chi connectivity index (χ3n) is 2.03. The van der Waals surface area contributed by atoms with Gasteiger partial charge in [0.15, 0.2) is 5.82 Å². The summed E-state index contributed by atoms with van der Waals surface area (Å²) in [5.74, 6) is -0.324. The number of aromatic nitrogens is 2. The van der Waals surface area contributed by atoms with Crippen LogP contribution in [-0.2, 0) is 10.0 Å². The molecule has 0 fully saturated rings. The van der Waals surface area contributed by atoms with Gasteiger partial charge in [0.2, 0.25) is 0 Å². The molecule has 1 N–H and O–H groups in total. The molecule has 0 bridgehead atoms. The van der Waals surface area contributed by atoms with Crippen LogP contribution in [0.25, 0.3) is 0 Å². The molecule has 5 nitrogen and oxygen atoms in total. The van der Waals surface area contributed by atoms with Gasteiger partial charge in [-0.05, 0) is 30.7 Å². The van der Waals surface area contributed by atoms with E-state index in [2.05, 4.69) is 13.5 Å². The number of halogens is 1. The summed E-state index contributed by atoms with van der Waals surface area (Å²) in [6, 6.07) is 3.47. The quantitative estimate of drug-likeness (QED) is 0.925. The minimum Gasteiger partial charge on any atom is -0.261 e. The van der Waals surface area contributed by atoms with Crippen LogP contribution < -0.4 is 4.72 Å². The van der Waals surface area contributed by atoms with Crippen LogP contribution in [0, 0.1) is 12.7 Å². The molecule has 0 radical (unpaired) electrons. The van der Waals surface area contributed by atoms with E-state index in [1.54, 1.807) is 0 Å². The van der Waals surface area contributed by atoms with Gasteiger partial charge in [-0.15, -0.1) is 0 Å². The molecule has 0 saturated heterocycles. The molecule has 0 spiro atoms. The van der Waals surface area contributed by atoms with Crippen molar-refractivity contribution in [3.05, 3.63) is 35.8 Å². The number of nitrogens with zero attached hydrogens (tertiary/aromatic N) is 2. The van der Waals surface area contributed by atoms with Gasteiger partial charge in [-0.25, -0.2) is 12.8 Å². The molecule has 8 heteroatoms. The zero-order valence-electron chi connectivity index (χ0n) is 8.71. The van der Waals surface area contributed by atoms with Gasteiger partial charge in [0.05, 0.1) is 22.8 Å². The number of hydrogen-bond acceptors (Lipinski definition) is 5. The number of benzene rings is 1. The highest BCUT2D eigenvalue weighted by Gasteiger charge is 2.18. The van der Waals surface area contributed by atoms with Crippen molar-refractivity contribution in [2.45, 2.75) is 11.8 Å². The Morgan fingerprint density at radius 2 is 2.18 bits per heavy atom. The number of aryl methyl sites for hydroxylation is 1. The van der Waals surface area contributed by atoms with Gasteiger partial charge in [0.25, 0.3) is 10.0 Å². The van der Waals surface area contributed by atoms with Crippen molar-refractivity contribution < 1.29 is 12.8 Å². The lowest BCUT2D eigenvalue weighted by molar-refractivity contribution is 0.598. The molecule has 0 atom stereocenters. The predicted molar refractivity (Wildman–Crippen MR) is 61.9 cm³/mol. The van der Waals surface area contributed by atoms with Crippen molar-refractivity contribution in [1.82, 2.24) is 8.75 Å². The van der Waals surface area contributed by atoms with E-state index in [0.29, 0.717) is 5.56 Å². The summed E-state index contributed by atoms with van der Waals surface area (Å²) in [5, 5.41) is 0. The first-order valence-electron chi connectivity index (χ1n) is 4.55. The van der Waals surface area contributed by atoms with Gasteiger partial charge in [0.1, 0.15) is 5.82 Å². The molecular weight excluding hydrogens is 265 g/mol. The second kappa shape index (κ2) is 4.38. The molecule has 0 saturated carbocycles. The zero-order valence-corrected chi connectivity index (χ0v) is 10.3. The van der Waals surface area contributed by atoms with E-state index in [1.807, 2.05) is 0 Å². The summed E-state index contributed by atoms with van der Waals surface area (Å²) in [6.45, 7) is 1.52. The summed E-state index contributed by atoms with van der Waals surface area (Å²) in [6.07, 6.45) is 1.31. The number of nitrogens with one attached hydrogen (secondary N) is 1. The number of hydrogen-bond donors (Lipinski definition) is 1. The fourth-order valence-electron chi connectivity index (χ4n) is 1.32. The Morgan fingerprint density at radius 3 is 2.76 bits per heavy atom. The highest BCUT2D eigenvalue weighted by molar-refractivity contribution is 7.92. The lowest BCUT2D eigenvalue weighted by Gasteiger charge is -2.07. The summed E-state index contributed by atoms with van der Waals surface area (Å²) < 4.78 is 46.4. The molecule has 17 heavy (non-hydrogen) atoms. The first-order chi connectivity index (χ1) is 7.99. The Morgan fingerprint density at radius 1 is 1.41 bits per heavy atom. The first-order valence-corrected chi connectivity index (χ1v) is 6.77. The molecule has 2 aromatic rings. The third-order valence-corrected chi connectivity index (χ3v) is 4.02. The van der Waals surface area contributed by atoms with Gasteiger partial charge in [-0.1, -0.05) is 0 Å². The van der Waals surface area contributed by atoms with Gasteiger partial charge >= 0.3 is 0 Å². The molecule has 1 heterocycles. The molecule has 90 valence electrons. The first kappa shape index (κ1) is 11.9. The van der Waals surface area contributed by atoms with Crippen LogP contribution in [0.15, 0.2) is 29.3 Å². The molecule has 0 aliphatic heterocycles. The Labute approximate surface area is 102 Å². The van der Waals surface area contributed by atoms with E-state index < -0.39 is 15.8 Å². The average molecular weight is 273 g/mol. The zero-order chi connectivity index (χ0) is 12.5. The lowest BCUT2D eigenvalue weighted by atomic mass is 10.2. The Bertz CT molecular complexity index is 626. The summed E-state index contributed by atoms with van der Waals surface area (Å²) in [7, 11) is -3.74. The maximum Gasteiger partial charge on any atom is 0.263 e. The van der Waals surface area contributed by atoms with Gasteiger partial charge < -0.3 is 0 Å². The number of sulfonamides is 1. The third kappa shape index (κ3) is 2.59. The Balaban J connectivity index is 2.38. The Hall–Kier alpha value is -1.54. The van der Waals surface area contributed by atoms with E-state index in [4.69, 9.17) is 0 Å². The normalized spacial score (nSPS) is 11.4. The second-order valence-corrected chi connectivity index (χ2v) is 5.52. The molecule has 0 aliphatic rings. The van der Waals surface area contributed by atoms with Crippen LogP contribution in [0.2, 0.25) is 0 Å². The smallest absolute Gasteiger partial charge is 0.261 e. The largest absolute Gasteiger partial charge is 0.263 e. The van der Waals surface area contributed by atoms with Crippen molar-refractivity contribution in [1.29, 1.82) is 0 Å². The maximum atomic E-state index is 12.9. The average Bonchev–Trinajstić information content (AvgIpc) is 2.68. The van der Waals surface area contributed by atoms with Crippen LogP contribution in [0.3, 0.4) is 0 Å². The fourth-order valence-corrected chi connectivity index (χ4v) is 2.96. The molecular formula is C9H8FN3O2S2. The molecule has 1 aromatic carbocycles. The minimum atomic E-state index is -3.74. The van der Waals surface area contributed by atoms with E-state index in [9.17, 15) is 12.8 Å². The summed E-state index contributed by atoms with van der Waals surface area (Å²) >= 11 is 0.895. The van der Waals surface area contributed by atoms with Crippen molar-refractivity contribution >= 4 is 27.6 Å². The molecule has 0 aliphatic carbocycles. The predicted octanol–water partition coefficient (Wildman–Crippen LogP) is 1.79. The van der Waals surface area contributed by atoms with Crippen molar-refractivity contribution in [3.63, 3.8) is 0 Å². The standard InChI is InChI=1S/C9H8FN3O2S2/c1-6-4-7(10)2-3-8(6)17(14,15)13-9-5-11-16-12-9/h2-5H,1H3,(H,12,13). The second-order valence-electron chi connectivity index (χ2n) is 3.31. The summed E-state index contributed by atoms with van der Waals surface area (Å²) in [5.41, 5.74) is 0.334. The molecule has 0 unspecified atom stereocenters. The molecule has 0 amide bonds. The van der Waals surface area contributed by atoms with Gasteiger partial charge in [0, 0.05) is 0 Å². The van der Waals surface area contributed by atoms with Crippen LogP contribution >= 0.6 is 11.7 Å². The molecule has 1 aromatic heterocycles. The minimum absolute atomic E-state index is 0.0203. The van der Waals surface area contributed by atoms with E-state index in [1.165, 1.54) is 19.2 Å². The summed E-state index contributed by atoms with van der Waals surface area (Å²) in [4.78, 5) is 0.0203. The van der Waals surface area contributed by atoms with Gasteiger partial charge in [-0.3, -0.25) is 4.72 Å². The Kier molecular flexibility index (Phi) is 3.07. The van der Waals surface area contributed by atoms with Crippen LogP contribution in [0.4, 0.5) is 10.2 Å². The van der Waals surface area contributed by atoms with Crippen molar-refractivity contribution in [2.75, 3.05) is 4.72 Å². The number of anilines is 1. The van der Waals surface area contributed by atoms with E-state index >= 15 is 0 Å². The van der Waals surface area contributed by atoms with E-state index in [0.717, 1.165) is 23.9 Å². The topological polar surface area (TPSA) is 72.0 Å². The molecule has 2 rings (SSSR count). The van der Waals surface area contributed by atoms with Crippen molar-refractivity contribution in [2.24, 2.45) is 0 Å². The number of rotatable bonds is 3. The SMILES string of the molecule is Cc1cc(F)ccc1S(=O)(=O)Nc1cnsn1. The van der Waals surface area contributed by atoms with Gasteiger partial charge in [-0.2, -0.15) is 8.75 Å². The highest BCUT2D eigenvalue weighted by atomic mass is 32.2. The fraction of sp³-hybridized carbons (Fsp3) is 0.111. The highest BCUT2D eigenvalue weighted by Crippen LogP contribution is 2.19. The van der Waals surface area contributed by atoms with Crippen molar-refractivity contribution in [3.8, 4) is 0 Å². The van der Waals surface area contributed by atoms with Crippen LogP contribution in [0.1, 0.15) is 5.56 Å². The van der Waals surface area contributed by atoms with Crippen LogP contribution in [0.5, 0.6) is 0 Å². The maximum absolute atomic E-state index is 12.9. The monoisotopic (exact) mass is 273 g/mol. The lowest BCUT2D eigenvalue weighted by Crippen LogP contribution is -2.14. The van der Waals surface area contributed by atoms with E-state index in [-0.39, 0.29) is 10.7 Å². The van der Waals surface area contributed by atoms with Crippen LogP contribution in [-0.4, -0.2) is 17.2 Å².